The number of pyridine rings is 1. The molecule has 0 bridgehead atoms. The molecule has 0 atom stereocenters. The fourth-order valence-corrected chi connectivity index (χ4v) is 2.33. The van der Waals surface area contributed by atoms with Gasteiger partial charge in [-0.05, 0) is 42.2 Å². The van der Waals surface area contributed by atoms with Gasteiger partial charge in [0.15, 0.2) is 0 Å². The monoisotopic (exact) mass is 307 g/mol. The number of amides is 2. The van der Waals surface area contributed by atoms with E-state index in [1.165, 1.54) is 0 Å². The van der Waals surface area contributed by atoms with Crippen molar-refractivity contribution in [2.45, 2.75) is 11.4 Å². The molecule has 4 nitrogen and oxygen atoms in total. The first-order valence-corrected chi connectivity index (χ1v) is 7.56. The van der Waals surface area contributed by atoms with E-state index in [0.717, 1.165) is 10.5 Å². The molecule has 0 aliphatic carbocycles. The molecule has 0 fully saturated rings. The number of aromatic nitrogens is 1. The molecule has 1 aromatic carbocycles. The SMILES string of the molecule is CSc1ccc(Cl)cc1NC(=O)NCc1ccncc1. The van der Waals surface area contributed by atoms with Gasteiger partial charge in [-0.25, -0.2) is 4.79 Å². The number of thioether (sulfide) groups is 1. The molecule has 2 rings (SSSR count). The summed E-state index contributed by atoms with van der Waals surface area (Å²) in [6.45, 7) is 0.448. The average molecular weight is 308 g/mol. The predicted molar refractivity (Wildman–Crippen MR) is 83.3 cm³/mol. The summed E-state index contributed by atoms with van der Waals surface area (Å²) in [6.07, 6.45) is 5.33. The molecular weight excluding hydrogens is 294 g/mol. The molecule has 2 N–H and O–H groups in total. The molecule has 1 aromatic heterocycles. The minimum atomic E-state index is -0.264. The molecule has 0 saturated carbocycles. The van der Waals surface area contributed by atoms with Crippen molar-refractivity contribution in [3.63, 3.8) is 0 Å². The summed E-state index contributed by atoms with van der Waals surface area (Å²) in [6, 6.07) is 8.86. The molecular formula is C14H14ClN3OS. The Balaban J connectivity index is 1.96. The van der Waals surface area contributed by atoms with Crippen molar-refractivity contribution >= 4 is 35.1 Å². The van der Waals surface area contributed by atoms with Crippen molar-refractivity contribution in [1.29, 1.82) is 0 Å². The van der Waals surface area contributed by atoms with Crippen LogP contribution >= 0.6 is 23.4 Å². The number of carbonyl (C=O) groups excluding carboxylic acids is 1. The lowest BCUT2D eigenvalue weighted by Crippen LogP contribution is -2.28. The number of urea groups is 1. The number of benzene rings is 1. The Morgan fingerprint density at radius 1 is 1.30 bits per heavy atom. The topological polar surface area (TPSA) is 54.0 Å². The molecule has 20 heavy (non-hydrogen) atoms. The molecule has 104 valence electrons. The highest BCUT2D eigenvalue weighted by molar-refractivity contribution is 7.98. The van der Waals surface area contributed by atoms with Crippen LogP contribution in [0.25, 0.3) is 0 Å². The van der Waals surface area contributed by atoms with E-state index >= 15 is 0 Å². The van der Waals surface area contributed by atoms with E-state index < -0.39 is 0 Å². The van der Waals surface area contributed by atoms with Crippen LogP contribution in [0.1, 0.15) is 5.56 Å². The fraction of sp³-hybridized carbons (Fsp3) is 0.143. The third-order valence-electron chi connectivity index (χ3n) is 2.61. The van der Waals surface area contributed by atoms with Gasteiger partial charge < -0.3 is 10.6 Å². The first kappa shape index (κ1) is 14.7. The van der Waals surface area contributed by atoms with E-state index in [1.54, 1.807) is 36.3 Å². The first-order chi connectivity index (χ1) is 9.69. The number of nitrogens with zero attached hydrogens (tertiary/aromatic N) is 1. The van der Waals surface area contributed by atoms with Gasteiger partial charge in [-0.15, -0.1) is 11.8 Å². The number of halogens is 1. The standard InChI is InChI=1S/C14H14ClN3OS/c1-20-13-3-2-11(15)8-12(13)18-14(19)17-9-10-4-6-16-7-5-10/h2-8H,9H2,1H3,(H2,17,18,19). The Morgan fingerprint density at radius 3 is 2.75 bits per heavy atom. The Hall–Kier alpha value is -1.72. The highest BCUT2D eigenvalue weighted by Gasteiger charge is 2.07. The third kappa shape index (κ3) is 4.15. The molecule has 2 amide bonds. The molecule has 0 aliphatic rings. The van der Waals surface area contributed by atoms with Crippen LogP contribution in [0.4, 0.5) is 10.5 Å². The molecule has 0 radical (unpaired) electrons. The van der Waals surface area contributed by atoms with Gasteiger partial charge in [0.05, 0.1) is 5.69 Å². The lowest BCUT2D eigenvalue weighted by Gasteiger charge is -2.11. The highest BCUT2D eigenvalue weighted by atomic mass is 35.5. The van der Waals surface area contributed by atoms with Crippen molar-refractivity contribution in [3.05, 3.63) is 53.3 Å². The molecule has 0 spiro atoms. The number of hydrogen-bond donors (Lipinski definition) is 2. The predicted octanol–water partition coefficient (Wildman–Crippen LogP) is 3.78. The molecule has 0 unspecified atom stereocenters. The van der Waals surface area contributed by atoms with E-state index in [0.29, 0.717) is 17.3 Å². The van der Waals surface area contributed by atoms with Gasteiger partial charge in [0, 0.05) is 28.9 Å². The minimum absolute atomic E-state index is 0.264. The van der Waals surface area contributed by atoms with Gasteiger partial charge >= 0.3 is 6.03 Å². The van der Waals surface area contributed by atoms with Crippen LogP contribution in [0.5, 0.6) is 0 Å². The number of nitrogens with one attached hydrogen (secondary N) is 2. The summed E-state index contributed by atoms with van der Waals surface area (Å²) in [4.78, 5) is 16.8. The molecule has 0 aliphatic heterocycles. The van der Waals surface area contributed by atoms with Crippen molar-refractivity contribution in [3.8, 4) is 0 Å². The Bertz CT molecular complexity index is 592. The second-order valence-corrected chi connectivity index (χ2v) is 5.29. The first-order valence-electron chi connectivity index (χ1n) is 5.96. The van der Waals surface area contributed by atoms with Crippen molar-refractivity contribution in [1.82, 2.24) is 10.3 Å². The van der Waals surface area contributed by atoms with Crippen LogP contribution in [0.2, 0.25) is 5.02 Å². The van der Waals surface area contributed by atoms with Gasteiger partial charge in [-0.2, -0.15) is 0 Å². The zero-order chi connectivity index (χ0) is 14.4. The quantitative estimate of drug-likeness (QED) is 0.845. The van der Waals surface area contributed by atoms with Crippen LogP contribution in [-0.2, 0) is 6.54 Å². The van der Waals surface area contributed by atoms with Gasteiger partial charge in [0.25, 0.3) is 0 Å². The normalized spacial score (nSPS) is 10.1. The van der Waals surface area contributed by atoms with Crippen LogP contribution in [0, 0.1) is 0 Å². The molecule has 6 heteroatoms. The fourth-order valence-electron chi connectivity index (χ4n) is 1.63. The zero-order valence-electron chi connectivity index (χ0n) is 10.9. The van der Waals surface area contributed by atoms with Crippen LogP contribution in [-0.4, -0.2) is 17.3 Å². The largest absolute Gasteiger partial charge is 0.334 e. The summed E-state index contributed by atoms with van der Waals surface area (Å²) in [5.41, 5.74) is 1.70. The highest BCUT2D eigenvalue weighted by Crippen LogP contribution is 2.28. The van der Waals surface area contributed by atoms with E-state index in [9.17, 15) is 4.79 Å². The van der Waals surface area contributed by atoms with Gasteiger partial charge in [-0.3, -0.25) is 4.98 Å². The van der Waals surface area contributed by atoms with Crippen LogP contribution < -0.4 is 10.6 Å². The van der Waals surface area contributed by atoms with Gasteiger partial charge in [-0.1, -0.05) is 11.6 Å². The number of anilines is 1. The van der Waals surface area contributed by atoms with E-state index in [4.69, 9.17) is 11.6 Å². The Labute approximate surface area is 126 Å². The molecule has 0 saturated heterocycles. The van der Waals surface area contributed by atoms with E-state index in [-0.39, 0.29) is 6.03 Å². The zero-order valence-corrected chi connectivity index (χ0v) is 12.5. The molecule has 2 aromatic rings. The maximum absolute atomic E-state index is 11.9. The lowest BCUT2D eigenvalue weighted by atomic mass is 10.3. The average Bonchev–Trinajstić information content (AvgIpc) is 2.46. The van der Waals surface area contributed by atoms with Crippen LogP contribution in [0.3, 0.4) is 0 Å². The lowest BCUT2D eigenvalue weighted by molar-refractivity contribution is 0.251. The Morgan fingerprint density at radius 2 is 2.05 bits per heavy atom. The van der Waals surface area contributed by atoms with Crippen molar-refractivity contribution in [2.24, 2.45) is 0 Å². The van der Waals surface area contributed by atoms with E-state index in [1.807, 2.05) is 24.5 Å². The summed E-state index contributed by atoms with van der Waals surface area (Å²) in [7, 11) is 0. The van der Waals surface area contributed by atoms with Crippen molar-refractivity contribution < 1.29 is 4.79 Å². The Kier molecular flexibility index (Phi) is 5.26. The minimum Gasteiger partial charge on any atom is -0.334 e. The van der Waals surface area contributed by atoms with Crippen molar-refractivity contribution in [2.75, 3.05) is 11.6 Å². The number of hydrogen-bond acceptors (Lipinski definition) is 3. The smallest absolute Gasteiger partial charge is 0.319 e. The summed E-state index contributed by atoms with van der Waals surface area (Å²) >= 11 is 7.49. The number of carbonyl (C=O) groups is 1. The third-order valence-corrected chi connectivity index (χ3v) is 3.64. The maximum atomic E-state index is 11.9. The van der Waals surface area contributed by atoms with Gasteiger partial charge in [0.2, 0.25) is 0 Å². The molecule has 1 heterocycles. The van der Waals surface area contributed by atoms with Crippen LogP contribution in [0.15, 0.2) is 47.6 Å². The summed E-state index contributed by atoms with van der Waals surface area (Å²) < 4.78 is 0. The maximum Gasteiger partial charge on any atom is 0.319 e. The summed E-state index contributed by atoms with van der Waals surface area (Å²) in [5, 5.41) is 6.18. The second-order valence-electron chi connectivity index (χ2n) is 4.01. The number of rotatable bonds is 4. The van der Waals surface area contributed by atoms with E-state index in [2.05, 4.69) is 15.6 Å². The van der Waals surface area contributed by atoms with Gasteiger partial charge in [0.1, 0.15) is 0 Å². The summed E-state index contributed by atoms with van der Waals surface area (Å²) in [5.74, 6) is 0. The second kappa shape index (κ2) is 7.17.